The maximum absolute atomic E-state index is 14.3. The highest BCUT2D eigenvalue weighted by Crippen LogP contribution is 2.34. The van der Waals surface area contributed by atoms with Gasteiger partial charge in [0.25, 0.3) is 10.0 Å². The maximum atomic E-state index is 14.3. The van der Waals surface area contributed by atoms with E-state index >= 15 is 0 Å². The summed E-state index contributed by atoms with van der Waals surface area (Å²) in [6.07, 6.45) is 4.93. The predicted molar refractivity (Wildman–Crippen MR) is 177 cm³/mol. The Morgan fingerprint density at radius 1 is 0.933 bits per heavy atom. The van der Waals surface area contributed by atoms with E-state index in [1.54, 1.807) is 49.4 Å². The first-order chi connectivity index (χ1) is 21.4. The smallest absolute Gasteiger partial charge is 0.264 e. The molecule has 1 N–H and O–H groups in total. The zero-order valence-corrected chi connectivity index (χ0v) is 28.2. The van der Waals surface area contributed by atoms with Gasteiger partial charge in [-0.15, -0.1) is 0 Å². The van der Waals surface area contributed by atoms with E-state index in [4.69, 9.17) is 32.7 Å². The molecule has 1 aliphatic rings. The van der Waals surface area contributed by atoms with E-state index < -0.39 is 28.5 Å². The quantitative estimate of drug-likeness (QED) is 0.239. The Morgan fingerprint density at radius 3 is 2.22 bits per heavy atom. The highest BCUT2D eigenvalue weighted by atomic mass is 35.5. The second kappa shape index (κ2) is 15.2. The van der Waals surface area contributed by atoms with Crippen LogP contribution in [0.15, 0.2) is 65.6 Å². The zero-order valence-electron chi connectivity index (χ0n) is 25.9. The lowest BCUT2D eigenvalue weighted by Gasteiger charge is -2.33. The van der Waals surface area contributed by atoms with E-state index in [0.717, 1.165) is 42.0 Å². The van der Waals surface area contributed by atoms with Crippen LogP contribution in [0.25, 0.3) is 0 Å². The molecule has 3 aromatic rings. The zero-order chi connectivity index (χ0) is 32.7. The van der Waals surface area contributed by atoms with Gasteiger partial charge < -0.3 is 19.7 Å². The average molecular weight is 677 g/mol. The van der Waals surface area contributed by atoms with Gasteiger partial charge >= 0.3 is 0 Å². The van der Waals surface area contributed by atoms with Crippen molar-refractivity contribution in [2.75, 3.05) is 25.1 Å². The van der Waals surface area contributed by atoms with E-state index in [1.165, 1.54) is 37.3 Å². The van der Waals surface area contributed by atoms with E-state index in [2.05, 4.69) is 5.32 Å². The van der Waals surface area contributed by atoms with Gasteiger partial charge in [0.05, 0.1) is 24.8 Å². The largest absolute Gasteiger partial charge is 0.493 e. The molecule has 1 aliphatic carbocycles. The molecule has 0 unspecified atom stereocenters. The number of anilines is 1. The fraction of sp³-hybridized carbons (Fsp3) is 0.394. The summed E-state index contributed by atoms with van der Waals surface area (Å²) in [5, 5.41) is 3.84. The first-order valence-electron chi connectivity index (χ1n) is 14.8. The molecule has 0 spiro atoms. The lowest BCUT2D eigenvalue weighted by atomic mass is 9.95. The van der Waals surface area contributed by atoms with Crippen molar-refractivity contribution in [3.05, 3.63) is 81.8 Å². The number of halogens is 2. The SMILES string of the molecule is COc1ccc(N(CC(=O)N(Cc2ccc(Cl)cc2Cl)[C@@H](C)C(=O)NC2CCCCC2)S(=O)(=O)c2ccc(C)cc2)cc1OC. The average Bonchev–Trinajstić information content (AvgIpc) is 3.03. The topological polar surface area (TPSA) is 105 Å². The normalized spacial score (nSPS) is 14.4. The van der Waals surface area contributed by atoms with Crippen LogP contribution in [0.4, 0.5) is 5.69 Å². The first kappa shape index (κ1) is 34.4. The van der Waals surface area contributed by atoms with Crippen molar-refractivity contribution in [2.45, 2.75) is 69.5 Å². The minimum atomic E-state index is -4.25. The van der Waals surface area contributed by atoms with Crippen molar-refractivity contribution >= 4 is 50.7 Å². The molecule has 0 radical (unpaired) electrons. The van der Waals surface area contributed by atoms with Crippen LogP contribution >= 0.6 is 23.2 Å². The summed E-state index contributed by atoms with van der Waals surface area (Å²) >= 11 is 12.6. The summed E-state index contributed by atoms with van der Waals surface area (Å²) in [6.45, 7) is 2.84. The number of nitrogens with zero attached hydrogens (tertiary/aromatic N) is 2. The number of sulfonamides is 1. The monoisotopic (exact) mass is 675 g/mol. The number of aryl methyl sites for hydroxylation is 1. The number of methoxy groups -OCH3 is 2. The molecule has 0 aliphatic heterocycles. The van der Waals surface area contributed by atoms with E-state index in [0.29, 0.717) is 21.4 Å². The highest BCUT2D eigenvalue weighted by molar-refractivity contribution is 7.92. The van der Waals surface area contributed by atoms with Crippen LogP contribution in [0.5, 0.6) is 11.5 Å². The van der Waals surface area contributed by atoms with Crippen molar-refractivity contribution in [3.8, 4) is 11.5 Å². The lowest BCUT2D eigenvalue weighted by Crippen LogP contribution is -2.53. The molecule has 1 saturated carbocycles. The number of benzene rings is 3. The molecule has 4 rings (SSSR count). The number of ether oxygens (including phenoxy) is 2. The van der Waals surface area contributed by atoms with Gasteiger partial charge in [0.2, 0.25) is 11.8 Å². The Balaban J connectivity index is 1.74. The van der Waals surface area contributed by atoms with Gasteiger partial charge in [0, 0.05) is 28.7 Å². The second-order valence-corrected chi connectivity index (χ2v) is 13.8. The van der Waals surface area contributed by atoms with Crippen molar-refractivity contribution in [1.82, 2.24) is 10.2 Å². The van der Waals surface area contributed by atoms with Crippen molar-refractivity contribution in [2.24, 2.45) is 0 Å². The van der Waals surface area contributed by atoms with Gasteiger partial charge in [-0.2, -0.15) is 0 Å². The number of hydrogen-bond acceptors (Lipinski definition) is 6. The van der Waals surface area contributed by atoms with Crippen molar-refractivity contribution < 1.29 is 27.5 Å². The van der Waals surface area contributed by atoms with Gasteiger partial charge in [-0.05, 0) is 68.7 Å². The minimum absolute atomic E-state index is 0.00562. The fourth-order valence-electron chi connectivity index (χ4n) is 5.33. The van der Waals surface area contributed by atoms with Gasteiger partial charge in [-0.3, -0.25) is 13.9 Å². The summed E-state index contributed by atoms with van der Waals surface area (Å²) in [4.78, 5) is 29.2. The lowest BCUT2D eigenvalue weighted by molar-refractivity contribution is -0.139. The summed E-state index contributed by atoms with van der Waals surface area (Å²) in [6, 6.07) is 15.0. The van der Waals surface area contributed by atoms with Gasteiger partial charge in [-0.1, -0.05) is 66.2 Å². The second-order valence-electron chi connectivity index (χ2n) is 11.1. The maximum Gasteiger partial charge on any atom is 0.264 e. The number of carbonyl (C=O) groups excluding carboxylic acids is 2. The van der Waals surface area contributed by atoms with Crippen LogP contribution in [0.3, 0.4) is 0 Å². The van der Waals surface area contributed by atoms with Crippen LogP contribution in [0, 0.1) is 6.92 Å². The fourth-order valence-corrected chi connectivity index (χ4v) is 7.21. The molecular formula is C33H39Cl2N3O6S. The molecule has 0 saturated heterocycles. The number of hydrogen-bond donors (Lipinski definition) is 1. The molecule has 0 heterocycles. The number of rotatable bonds is 12. The Bertz CT molecular complexity index is 1610. The molecule has 1 atom stereocenters. The number of nitrogens with one attached hydrogen (secondary N) is 1. The standard InChI is InChI=1S/C33H39Cl2N3O6S/c1-22-10-15-28(16-11-22)45(41,42)38(27-14-17-30(43-3)31(19-27)44-4)21-32(39)37(20-24-12-13-25(34)18-29(24)35)23(2)33(40)36-26-8-6-5-7-9-26/h10-19,23,26H,5-9,20-21H2,1-4H3,(H,36,40)/t23-/m0/s1. The van der Waals surface area contributed by atoms with Crippen molar-refractivity contribution in [3.63, 3.8) is 0 Å². The molecule has 0 bridgehead atoms. The summed E-state index contributed by atoms with van der Waals surface area (Å²) in [5.74, 6) is -0.235. The molecule has 0 aromatic heterocycles. The van der Waals surface area contributed by atoms with Crippen LogP contribution in [0.2, 0.25) is 10.0 Å². The Morgan fingerprint density at radius 2 is 1.60 bits per heavy atom. The molecule has 3 aromatic carbocycles. The molecule has 2 amide bonds. The minimum Gasteiger partial charge on any atom is -0.493 e. The van der Waals surface area contributed by atoms with Gasteiger partial charge in [0.1, 0.15) is 12.6 Å². The third-order valence-corrected chi connectivity index (χ3v) is 10.4. The third kappa shape index (κ3) is 8.42. The molecule has 45 heavy (non-hydrogen) atoms. The Labute approximate surface area is 275 Å². The number of amides is 2. The van der Waals surface area contributed by atoms with Crippen LogP contribution in [-0.4, -0.2) is 58.0 Å². The van der Waals surface area contributed by atoms with Crippen LogP contribution in [0.1, 0.15) is 50.2 Å². The molecule has 9 nitrogen and oxygen atoms in total. The third-order valence-electron chi connectivity index (χ3n) is 8.02. The van der Waals surface area contributed by atoms with E-state index in [9.17, 15) is 18.0 Å². The Hall–Kier alpha value is -3.47. The Kier molecular flexibility index (Phi) is 11.6. The van der Waals surface area contributed by atoms with Crippen LogP contribution < -0.4 is 19.1 Å². The summed E-state index contributed by atoms with van der Waals surface area (Å²) < 4.78 is 40.1. The highest BCUT2D eigenvalue weighted by Gasteiger charge is 2.34. The van der Waals surface area contributed by atoms with E-state index in [1.807, 2.05) is 6.92 Å². The predicted octanol–water partition coefficient (Wildman–Crippen LogP) is 6.38. The molecular weight excluding hydrogens is 637 g/mol. The van der Waals surface area contributed by atoms with Crippen LogP contribution in [-0.2, 0) is 26.2 Å². The van der Waals surface area contributed by atoms with E-state index in [-0.39, 0.29) is 34.8 Å². The van der Waals surface area contributed by atoms with Crippen molar-refractivity contribution in [1.29, 1.82) is 0 Å². The van der Waals surface area contributed by atoms with Gasteiger partial charge in [0.15, 0.2) is 11.5 Å². The number of carbonyl (C=O) groups is 2. The first-order valence-corrected chi connectivity index (χ1v) is 17.0. The molecule has 1 fully saturated rings. The summed E-state index contributed by atoms with van der Waals surface area (Å²) in [5.41, 5.74) is 1.63. The molecule has 242 valence electrons. The van der Waals surface area contributed by atoms with Gasteiger partial charge in [-0.25, -0.2) is 8.42 Å². The molecule has 12 heteroatoms. The summed E-state index contributed by atoms with van der Waals surface area (Å²) in [7, 11) is -1.34.